The zero-order valence-electron chi connectivity index (χ0n) is 18.2. The van der Waals surface area contributed by atoms with Gasteiger partial charge in [-0.2, -0.15) is 0 Å². The van der Waals surface area contributed by atoms with Gasteiger partial charge >= 0.3 is 0 Å². The third kappa shape index (κ3) is 4.85. The first-order valence-corrected chi connectivity index (χ1v) is 11.8. The molecule has 2 aliphatic heterocycles. The Kier molecular flexibility index (Phi) is 6.37. The van der Waals surface area contributed by atoms with E-state index in [2.05, 4.69) is 37.2 Å². The summed E-state index contributed by atoms with van der Waals surface area (Å²) in [5.41, 5.74) is 2.79. The molecule has 3 heterocycles. The number of imide groups is 1. The fourth-order valence-corrected chi connectivity index (χ4v) is 4.89. The highest BCUT2D eigenvalue weighted by molar-refractivity contribution is 8.18. The summed E-state index contributed by atoms with van der Waals surface area (Å²) in [5, 5.41) is 1.87. The standard InChI is InChI=1S/C25H22FN5O2S/c26-19-8-6-18(7-9-19)22(17-4-2-1-3-5-17)30-12-14-31(15-13-30)24-27-11-10-20(28-24)16-21-23(32)29-25(33)34-21/h1-11,16,22H,12-15H2,(H,29,32,33)/b21-16+. The lowest BCUT2D eigenvalue weighted by Crippen LogP contribution is -2.48. The summed E-state index contributed by atoms with van der Waals surface area (Å²) < 4.78 is 13.6. The van der Waals surface area contributed by atoms with E-state index in [0.717, 1.165) is 49.1 Å². The molecule has 9 heteroatoms. The minimum atomic E-state index is -0.406. The molecule has 1 unspecified atom stereocenters. The van der Waals surface area contributed by atoms with E-state index in [4.69, 9.17) is 0 Å². The van der Waals surface area contributed by atoms with Gasteiger partial charge in [0.05, 0.1) is 16.6 Å². The highest BCUT2D eigenvalue weighted by Gasteiger charge is 2.28. The van der Waals surface area contributed by atoms with Gasteiger partial charge in [0, 0.05) is 32.4 Å². The molecule has 3 aromatic rings. The molecule has 1 aromatic heterocycles. The molecule has 0 spiro atoms. The number of thioether (sulfide) groups is 1. The zero-order valence-corrected chi connectivity index (χ0v) is 19.0. The molecule has 7 nitrogen and oxygen atoms in total. The van der Waals surface area contributed by atoms with Crippen LogP contribution in [0.3, 0.4) is 0 Å². The number of hydrogen-bond acceptors (Lipinski definition) is 7. The van der Waals surface area contributed by atoms with Crippen molar-refractivity contribution >= 4 is 34.9 Å². The molecule has 2 fully saturated rings. The number of nitrogens with one attached hydrogen (secondary N) is 1. The summed E-state index contributed by atoms with van der Waals surface area (Å²) in [6, 6.07) is 18.7. The maximum atomic E-state index is 13.6. The third-order valence-electron chi connectivity index (χ3n) is 5.85. The Morgan fingerprint density at radius 1 is 0.941 bits per heavy atom. The van der Waals surface area contributed by atoms with E-state index >= 15 is 0 Å². The van der Waals surface area contributed by atoms with Crippen molar-refractivity contribution in [3.05, 3.63) is 94.4 Å². The Balaban J connectivity index is 1.32. The second-order valence-corrected chi connectivity index (χ2v) is 9.04. The van der Waals surface area contributed by atoms with E-state index in [-0.39, 0.29) is 17.1 Å². The Bertz CT molecular complexity index is 1230. The minimum Gasteiger partial charge on any atom is -0.338 e. The molecule has 2 aliphatic rings. The lowest BCUT2D eigenvalue weighted by molar-refractivity contribution is -0.115. The molecule has 0 bridgehead atoms. The number of piperazine rings is 1. The highest BCUT2D eigenvalue weighted by atomic mass is 32.2. The van der Waals surface area contributed by atoms with Crippen molar-refractivity contribution in [3.8, 4) is 0 Å². The molecule has 2 amide bonds. The van der Waals surface area contributed by atoms with Crippen molar-refractivity contribution in [3.63, 3.8) is 0 Å². The van der Waals surface area contributed by atoms with Gasteiger partial charge in [-0.3, -0.25) is 19.8 Å². The fourth-order valence-electron chi connectivity index (χ4n) is 4.22. The molecular weight excluding hydrogens is 453 g/mol. The maximum absolute atomic E-state index is 13.6. The van der Waals surface area contributed by atoms with Crippen LogP contribution < -0.4 is 10.2 Å². The number of amides is 2. The van der Waals surface area contributed by atoms with Crippen LogP contribution in [0.2, 0.25) is 0 Å². The Hall–Kier alpha value is -3.56. The van der Waals surface area contributed by atoms with E-state index in [0.29, 0.717) is 16.5 Å². The molecule has 172 valence electrons. The SMILES string of the molecule is O=C1NC(=O)/C(=C\c2ccnc(N3CCN(C(c4ccccc4)c4ccc(F)cc4)CC3)n2)S1. The summed E-state index contributed by atoms with van der Waals surface area (Å²) in [7, 11) is 0. The van der Waals surface area contributed by atoms with Crippen LogP contribution in [0.1, 0.15) is 22.9 Å². The van der Waals surface area contributed by atoms with Crippen LogP contribution in [0.25, 0.3) is 6.08 Å². The van der Waals surface area contributed by atoms with Crippen LogP contribution in [0.15, 0.2) is 71.8 Å². The molecule has 2 saturated heterocycles. The Morgan fingerprint density at radius 3 is 2.32 bits per heavy atom. The van der Waals surface area contributed by atoms with Gasteiger partial charge in [0.1, 0.15) is 5.82 Å². The molecular formula is C25H22FN5O2S. The van der Waals surface area contributed by atoms with Gasteiger partial charge in [-0.05, 0) is 47.2 Å². The number of halogens is 1. The molecule has 0 aliphatic carbocycles. The monoisotopic (exact) mass is 475 g/mol. The average molecular weight is 476 g/mol. The molecule has 1 N–H and O–H groups in total. The van der Waals surface area contributed by atoms with Crippen LogP contribution in [0.5, 0.6) is 0 Å². The predicted molar refractivity (Wildman–Crippen MR) is 130 cm³/mol. The number of nitrogens with zero attached hydrogens (tertiary/aromatic N) is 4. The number of carbonyl (C=O) groups excluding carboxylic acids is 2. The smallest absolute Gasteiger partial charge is 0.290 e. The Morgan fingerprint density at radius 2 is 1.65 bits per heavy atom. The van der Waals surface area contributed by atoms with Crippen LogP contribution in [0, 0.1) is 5.82 Å². The largest absolute Gasteiger partial charge is 0.338 e. The second-order valence-electron chi connectivity index (χ2n) is 8.02. The summed E-state index contributed by atoms with van der Waals surface area (Å²) in [4.78, 5) is 37.1. The molecule has 1 atom stereocenters. The van der Waals surface area contributed by atoms with E-state index in [1.807, 2.05) is 30.3 Å². The van der Waals surface area contributed by atoms with E-state index < -0.39 is 5.91 Å². The first-order valence-electron chi connectivity index (χ1n) is 10.9. The highest BCUT2D eigenvalue weighted by Crippen LogP contribution is 2.30. The predicted octanol–water partition coefficient (Wildman–Crippen LogP) is 3.85. The second kappa shape index (κ2) is 9.74. The van der Waals surface area contributed by atoms with Gasteiger partial charge in [-0.1, -0.05) is 42.5 Å². The number of hydrogen-bond donors (Lipinski definition) is 1. The quantitative estimate of drug-likeness (QED) is 0.562. The summed E-state index contributed by atoms with van der Waals surface area (Å²) in [5.74, 6) is -0.0662. The number of anilines is 1. The fraction of sp³-hybridized carbons (Fsp3) is 0.200. The van der Waals surface area contributed by atoms with E-state index in [1.54, 1.807) is 18.3 Å². The van der Waals surface area contributed by atoms with Gasteiger partial charge in [-0.25, -0.2) is 14.4 Å². The summed E-state index contributed by atoms with van der Waals surface area (Å²) in [6.07, 6.45) is 3.26. The van der Waals surface area contributed by atoms with Crippen molar-refractivity contribution in [2.45, 2.75) is 6.04 Å². The number of carbonyl (C=O) groups is 2. The van der Waals surface area contributed by atoms with Gasteiger partial charge in [0.2, 0.25) is 5.95 Å². The van der Waals surface area contributed by atoms with Gasteiger partial charge in [-0.15, -0.1) is 0 Å². The van der Waals surface area contributed by atoms with Crippen molar-refractivity contribution in [1.29, 1.82) is 0 Å². The number of rotatable bonds is 5. The van der Waals surface area contributed by atoms with Gasteiger partial charge in [0.15, 0.2) is 0 Å². The normalized spacial score (nSPS) is 18.9. The minimum absolute atomic E-state index is 0.0244. The van der Waals surface area contributed by atoms with E-state index in [9.17, 15) is 14.0 Å². The zero-order chi connectivity index (χ0) is 23.5. The van der Waals surface area contributed by atoms with Gasteiger partial charge < -0.3 is 4.90 Å². The number of aromatic nitrogens is 2. The number of benzene rings is 2. The average Bonchev–Trinajstić information content (AvgIpc) is 3.18. The molecule has 2 aromatic carbocycles. The summed E-state index contributed by atoms with van der Waals surface area (Å²) >= 11 is 0.867. The van der Waals surface area contributed by atoms with Crippen molar-refractivity contribution in [1.82, 2.24) is 20.2 Å². The molecule has 34 heavy (non-hydrogen) atoms. The van der Waals surface area contributed by atoms with Crippen LogP contribution >= 0.6 is 11.8 Å². The van der Waals surface area contributed by atoms with E-state index in [1.165, 1.54) is 12.1 Å². The molecule has 0 saturated carbocycles. The maximum Gasteiger partial charge on any atom is 0.290 e. The lowest BCUT2D eigenvalue weighted by Gasteiger charge is -2.39. The van der Waals surface area contributed by atoms with Crippen LogP contribution in [-0.4, -0.2) is 52.2 Å². The molecule has 0 radical (unpaired) electrons. The Labute approximate surface area is 200 Å². The van der Waals surface area contributed by atoms with Crippen molar-refractivity contribution in [2.24, 2.45) is 0 Å². The topological polar surface area (TPSA) is 78.4 Å². The van der Waals surface area contributed by atoms with Gasteiger partial charge in [0.25, 0.3) is 11.1 Å². The van der Waals surface area contributed by atoms with Crippen molar-refractivity contribution in [2.75, 3.05) is 31.1 Å². The van der Waals surface area contributed by atoms with Crippen molar-refractivity contribution < 1.29 is 14.0 Å². The molecule has 5 rings (SSSR count). The van der Waals surface area contributed by atoms with Crippen LogP contribution in [-0.2, 0) is 4.79 Å². The first kappa shape index (κ1) is 22.2. The van der Waals surface area contributed by atoms with Crippen LogP contribution in [0.4, 0.5) is 15.1 Å². The summed E-state index contributed by atoms with van der Waals surface area (Å²) in [6.45, 7) is 2.99. The third-order valence-corrected chi connectivity index (χ3v) is 6.66. The lowest BCUT2D eigenvalue weighted by atomic mass is 9.96. The first-order chi connectivity index (χ1) is 16.6.